The molecule has 2 N–H and O–H groups in total. The number of benzene rings is 3. The molecule has 0 amide bonds. The number of aromatic nitrogens is 3. The molecule has 0 bridgehead atoms. The topological polar surface area (TPSA) is 75.2 Å². The van der Waals surface area contributed by atoms with E-state index in [1.165, 1.54) is 0 Å². The first-order chi connectivity index (χ1) is 15.2. The van der Waals surface area contributed by atoms with Crippen LogP contribution in [0, 0.1) is 0 Å². The highest BCUT2D eigenvalue weighted by Crippen LogP contribution is 2.34. The van der Waals surface area contributed by atoms with E-state index in [9.17, 15) is 0 Å². The number of nitrogens with zero attached hydrogens (tertiary/aromatic N) is 3. The molecule has 0 atom stereocenters. The Hall–Kier alpha value is -3.84. The van der Waals surface area contributed by atoms with E-state index in [2.05, 4.69) is 29.2 Å². The van der Waals surface area contributed by atoms with E-state index in [4.69, 9.17) is 20.2 Å². The Labute approximate surface area is 183 Å². The third-order valence-corrected chi connectivity index (χ3v) is 6.22. The fourth-order valence-corrected chi connectivity index (χ4v) is 4.53. The molecule has 6 nitrogen and oxygen atoms in total. The number of hydrogen-bond donors (Lipinski definition) is 1. The van der Waals surface area contributed by atoms with Crippen LogP contribution in [0.5, 0.6) is 11.5 Å². The minimum atomic E-state index is 0.593. The largest absolute Gasteiger partial charge is 0.497 e. The molecule has 7 heteroatoms. The van der Waals surface area contributed by atoms with E-state index in [0.29, 0.717) is 11.4 Å². The standard InChI is InChI=1S/C24H20N4O2S/c1-29-18-8-9-20-23(12-18)31-24(27-20)15-3-6-17(7-4-15)28-14-26-13-21(28)16-5-10-22(30-2)19(25)11-16/h3-14H,25H2,1-2H3. The quantitative estimate of drug-likeness (QED) is 0.379. The van der Waals surface area contributed by atoms with Crippen LogP contribution < -0.4 is 15.2 Å². The zero-order valence-corrected chi connectivity index (χ0v) is 17.9. The first-order valence-corrected chi connectivity index (χ1v) is 10.5. The highest BCUT2D eigenvalue weighted by Gasteiger charge is 2.11. The molecule has 5 aromatic rings. The number of nitrogen functional groups attached to an aromatic ring is 1. The van der Waals surface area contributed by atoms with Crippen molar-refractivity contribution in [2.75, 3.05) is 20.0 Å². The summed E-state index contributed by atoms with van der Waals surface area (Å²) < 4.78 is 13.7. The van der Waals surface area contributed by atoms with Gasteiger partial charge in [0.2, 0.25) is 0 Å². The Bertz CT molecular complexity index is 1370. The van der Waals surface area contributed by atoms with Gasteiger partial charge in [-0.25, -0.2) is 9.97 Å². The number of thiazole rings is 1. The third-order valence-electron chi connectivity index (χ3n) is 5.15. The molecule has 2 aromatic heterocycles. The molecule has 0 saturated heterocycles. The maximum Gasteiger partial charge on any atom is 0.141 e. The number of imidazole rings is 1. The van der Waals surface area contributed by atoms with Gasteiger partial charge in [-0.05, 0) is 60.7 Å². The van der Waals surface area contributed by atoms with Crippen molar-refractivity contribution in [3.63, 3.8) is 0 Å². The molecule has 0 aliphatic rings. The van der Waals surface area contributed by atoms with Gasteiger partial charge in [-0.3, -0.25) is 4.57 Å². The molecule has 0 aliphatic carbocycles. The lowest BCUT2D eigenvalue weighted by Crippen LogP contribution is -1.97. The molecule has 154 valence electrons. The number of fused-ring (bicyclic) bond motifs is 1. The van der Waals surface area contributed by atoms with E-state index < -0.39 is 0 Å². The summed E-state index contributed by atoms with van der Waals surface area (Å²) in [5.74, 6) is 1.50. The highest BCUT2D eigenvalue weighted by atomic mass is 32.1. The summed E-state index contributed by atoms with van der Waals surface area (Å²) in [6, 6.07) is 20.0. The van der Waals surface area contributed by atoms with E-state index in [1.807, 2.05) is 47.2 Å². The van der Waals surface area contributed by atoms with Crippen molar-refractivity contribution < 1.29 is 9.47 Å². The molecule has 0 saturated carbocycles. The minimum Gasteiger partial charge on any atom is -0.497 e. The molecule has 0 radical (unpaired) electrons. The van der Waals surface area contributed by atoms with Crippen molar-refractivity contribution >= 4 is 27.2 Å². The van der Waals surface area contributed by atoms with Gasteiger partial charge in [0.05, 0.1) is 48.3 Å². The molecular formula is C24H20N4O2S. The van der Waals surface area contributed by atoms with Crippen molar-refractivity contribution in [3.05, 3.63) is 73.2 Å². The molecule has 0 unspecified atom stereocenters. The summed E-state index contributed by atoms with van der Waals surface area (Å²) in [5, 5.41) is 0.976. The number of nitrogens with two attached hydrogens (primary N) is 1. The predicted molar refractivity (Wildman–Crippen MR) is 125 cm³/mol. The SMILES string of the molecule is COc1ccc2nc(-c3ccc(-n4cncc4-c4ccc(OC)c(N)c4)cc3)sc2c1. The van der Waals surface area contributed by atoms with Crippen molar-refractivity contribution in [3.8, 4) is 39.0 Å². The number of methoxy groups -OCH3 is 2. The number of hydrogen-bond acceptors (Lipinski definition) is 6. The van der Waals surface area contributed by atoms with E-state index in [1.54, 1.807) is 31.9 Å². The second kappa shape index (κ2) is 7.77. The van der Waals surface area contributed by atoms with E-state index in [-0.39, 0.29) is 0 Å². The van der Waals surface area contributed by atoms with Crippen LogP contribution >= 0.6 is 11.3 Å². The second-order valence-corrected chi connectivity index (χ2v) is 8.04. The minimum absolute atomic E-state index is 0.593. The van der Waals surface area contributed by atoms with Crippen molar-refractivity contribution in [1.29, 1.82) is 0 Å². The maximum absolute atomic E-state index is 6.09. The maximum atomic E-state index is 6.09. The van der Waals surface area contributed by atoms with Gasteiger partial charge in [-0.15, -0.1) is 11.3 Å². The summed E-state index contributed by atoms with van der Waals surface area (Å²) >= 11 is 1.65. The Morgan fingerprint density at radius 1 is 0.903 bits per heavy atom. The van der Waals surface area contributed by atoms with Gasteiger partial charge in [0, 0.05) is 16.8 Å². The number of ether oxygens (including phenoxy) is 2. The molecule has 2 heterocycles. The monoisotopic (exact) mass is 428 g/mol. The molecular weight excluding hydrogens is 408 g/mol. The summed E-state index contributed by atoms with van der Waals surface area (Å²) in [7, 11) is 3.28. The smallest absolute Gasteiger partial charge is 0.141 e. The lowest BCUT2D eigenvalue weighted by Gasteiger charge is -2.11. The van der Waals surface area contributed by atoms with E-state index in [0.717, 1.165) is 43.5 Å². The van der Waals surface area contributed by atoms with Gasteiger partial charge >= 0.3 is 0 Å². The zero-order chi connectivity index (χ0) is 21.4. The predicted octanol–water partition coefficient (Wildman–Crippen LogP) is 5.42. The fraction of sp³-hybridized carbons (Fsp3) is 0.0833. The summed E-state index contributed by atoms with van der Waals surface area (Å²) in [6.07, 6.45) is 3.63. The van der Waals surface area contributed by atoms with Gasteiger partial charge in [-0.1, -0.05) is 0 Å². The van der Waals surface area contributed by atoms with Gasteiger partial charge in [0.15, 0.2) is 0 Å². The van der Waals surface area contributed by atoms with Crippen LogP contribution in [0.3, 0.4) is 0 Å². The molecule has 0 spiro atoms. The van der Waals surface area contributed by atoms with Crippen LogP contribution in [0.25, 0.3) is 37.7 Å². The lowest BCUT2D eigenvalue weighted by molar-refractivity contribution is 0.415. The van der Waals surface area contributed by atoms with Crippen LogP contribution in [0.4, 0.5) is 5.69 Å². The Balaban J connectivity index is 1.48. The number of anilines is 1. The Kier molecular flexibility index (Phi) is 4.80. The van der Waals surface area contributed by atoms with Crippen LogP contribution in [0.2, 0.25) is 0 Å². The Morgan fingerprint density at radius 3 is 2.45 bits per heavy atom. The highest BCUT2D eigenvalue weighted by molar-refractivity contribution is 7.21. The van der Waals surface area contributed by atoms with Gasteiger partial charge in [-0.2, -0.15) is 0 Å². The third kappa shape index (κ3) is 3.49. The molecule has 0 fully saturated rings. The molecule has 31 heavy (non-hydrogen) atoms. The molecule has 5 rings (SSSR count). The normalized spacial score (nSPS) is 11.0. The average molecular weight is 429 g/mol. The van der Waals surface area contributed by atoms with Gasteiger partial charge in [0.1, 0.15) is 16.5 Å². The Morgan fingerprint density at radius 2 is 1.71 bits per heavy atom. The molecule has 0 aliphatic heterocycles. The van der Waals surface area contributed by atoms with Crippen LogP contribution in [0.1, 0.15) is 0 Å². The average Bonchev–Trinajstić information content (AvgIpc) is 3.46. The van der Waals surface area contributed by atoms with Crippen LogP contribution in [-0.2, 0) is 0 Å². The first kappa shape index (κ1) is 19.1. The van der Waals surface area contributed by atoms with Crippen molar-refractivity contribution in [2.45, 2.75) is 0 Å². The van der Waals surface area contributed by atoms with Crippen molar-refractivity contribution in [1.82, 2.24) is 14.5 Å². The number of rotatable bonds is 5. The fourth-order valence-electron chi connectivity index (χ4n) is 3.53. The zero-order valence-electron chi connectivity index (χ0n) is 17.1. The molecule has 3 aromatic carbocycles. The van der Waals surface area contributed by atoms with Crippen LogP contribution in [-0.4, -0.2) is 28.8 Å². The summed E-state index contributed by atoms with van der Waals surface area (Å²) in [6.45, 7) is 0. The van der Waals surface area contributed by atoms with Crippen molar-refractivity contribution in [2.24, 2.45) is 0 Å². The van der Waals surface area contributed by atoms with Gasteiger partial charge in [0.25, 0.3) is 0 Å². The van der Waals surface area contributed by atoms with Gasteiger partial charge < -0.3 is 15.2 Å². The van der Waals surface area contributed by atoms with Crippen LogP contribution in [0.15, 0.2) is 73.2 Å². The lowest BCUT2D eigenvalue weighted by atomic mass is 10.1. The first-order valence-electron chi connectivity index (χ1n) is 9.68. The summed E-state index contributed by atoms with van der Waals surface area (Å²) in [4.78, 5) is 9.10. The van der Waals surface area contributed by atoms with E-state index >= 15 is 0 Å². The second-order valence-electron chi connectivity index (χ2n) is 7.01. The summed E-state index contributed by atoms with van der Waals surface area (Å²) in [5.41, 5.74) is 11.7.